The summed E-state index contributed by atoms with van der Waals surface area (Å²) in [4.78, 5) is 4.90. The maximum atomic E-state index is 11.1. The summed E-state index contributed by atoms with van der Waals surface area (Å²) in [6.07, 6.45) is 1.83. The van der Waals surface area contributed by atoms with Crippen LogP contribution in [0.2, 0.25) is 0 Å². The maximum Gasteiger partial charge on any atom is 0.128 e. The van der Waals surface area contributed by atoms with Crippen LogP contribution in [-0.4, -0.2) is 11.3 Å². The normalized spacial score (nSPS) is 13.2. The predicted molar refractivity (Wildman–Crippen MR) is 143 cm³/mol. The number of phenolic OH excluding ortho intramolecular Hbond substituents is 1. The molecular weight excluding hydrogens is 402 g/mol. The molecular formula is C31H31NO. The van der Waals surface area contributed by atoms with Crippen molar-refractivity contribution in [2.45, 2.75) is 52.4 Å². The van der Waals surface area contributed by atoms with Crippen molar-refractivity contribution < 1.29 is 5.11 Å². The molecule has 0 heterocycles. The molecule has 0 aromatic heterocycles. The number of hydrogen-bond acceptors (Lipinski definition) is 2. The Labute approximate surface area is 195 Å². The third-order valence-corrected chi connectivity index (χ3v) is 6.66. The van der Waals surface area contributed by atoms with Gasteiger partial charge in [-0.3, -0.25) is 4.99 Å². The number of aliphatic imine (C=N–C) groups is 1. The van der Waals surface area contributed by atoms with Crippen LogP contribution in [0.25, 0.3) is 32.3 Å². The zero-order valence-corrected chi connectivity index (χ0v) is 20.3. The smallest absolute Gasteiger partial charge is 0.128 e. The van der Waals surface area contributed by atoms with Crippen molar-refractivity contribution in [2.75, 3.05) is 0 Å². The minimum atomic E-state index is -0.166. The van der Waals surface area contributed by atoms with E-state index in [9.17, 15) is 5.11 Å². The molecule has 1 N–H and O–H groups in total. The highest BCUT2D eigenvalue weighted by atomic mass is 16.3. The first-order valence-electron chi connectivity index (χ1n) is 11.6. The van der Waals surface area contributed by atoms with Gasteiger partial charge in [-0.15, -0.1) is 0 Å². The van der Waals surface area contributed by atoms with Gasteiger partial charge in [0.15, 0.2) is 0 Å². The largest absolute Gasteiger partial charge is 0.507 e. The molecule has 0 unspecified atom stereocenters. The Bertz CT molecular complexity index is 1510. The summed E-state index contributed by atoms with van der Waals surface area (Å²) in [6.45, 7) is 13.0. The van der Waals surface area contributed by atoms with E-state index in [2.05, 4.69) is 108 Å². The molecule has 33 heavy (non-hydrogen) atoms. The molecule has 0 aliphatic rings. The highest BCUT2D eigenvalue weighted by Crippen LogP contribution is 2.40. The lowest BCUT2D eigenvalue weighted by Gasteiger charge is -2.27. The van der Waals surface area contributed by atoms with Crippen molar-refractivity contribution in [3.8, 4) is 5.75 Å². The first-order valence-corrected chi connectivity index (χ1v) is 11.6. The van der Waals surface area contributed by atoms with Crippen LogP contribution in [0.15, 0.2) is 71.7 Å². The standard InChI is InChI=1S/C31H31NO/c1-30(2,3)23-16-22(29(33)25(17-23)31(4,5)6)18-32-26-15-13-21-11-10-19-8-7-9-20-12-14-24(26)28(21)27(19)20/h7-18,33H,1-6H3/b32-18+. The van der Waals surface area contributed by atoms with Gasteiger partial charge in [-0.1, -0.05) is 96.1 Å². The van der Waals surface area contributed by atoms with Gasteiger partial charge >= 0.3 is 0 Å². The van der Waals surface area contributed by atoms with Gasteiger partial charge in [-0.05, 0) is 55.5 Å². The summed E-state index contributed by atoms with van der Waals surface area (Å²) in [5, 5.41) is 18.5. The van der Waals surface area contributed by atoms with Crippen molar-refractivity contribution >= 4 is 44.2 Å². The minimum Gasteiger partial charge on any atom is -0.507 e. The lowest BCUT2D eigenvalue weighted by Crippen LogP contribution is -2.17. The minimum absolute atomic E-state index is 0.0245. The average molecular weight is 434 g/mol. The van der Waals surface area contributed by atoms with E-state index < -0.39 is 0 Å². The van der Waals surface area contributed by atoms with Crippen molar-refractivity contribution in [1.82, 2.24) is 0 Å². The Morgan fingerprint density at radius 1 is 0.697 bits per heavy atom. The number of aromatic hydroxyl groups is 1. The highest BCUT2D eigenvalue weighted by molar-refractivity contribution is 6.25. The van der Waals surface area contributed by atoms with Crippen LogP contribution in [0.1, 0.15) is 58.2 Å². The summed E-state index contributed by atoms with van der Waals surface area (Å²) in [5.74, 6) is 0.317. The second kappa shape index (κ2) is 7.31. The van der Waals surface area contributed by atoms with Crippen LogP contribution in [0.3, 0.4) is 0 Å². The van der Waals surface area contributed by atoms with Gasteiger partial charge in [-0.25, -0.2) is 0 Å². The molecule has 0 saturated heterocycles. The predicted octanol–water partition coefficient (Wildman–Crippen LogP) is 8.64. The van der Waals surface area contributed by atoms with Crippen LogP contribution < -0.4 is 0 Å². The number of nitrogens with zero attached hydrogens (tertiary/aromatic N) is 1. The fourth-order valence-corrected chi connectivity index (χ4v) is 4.73. The Morgan fingerprint density at radius 2 is 1.30 bits per heavy atom. The maximum absolute atomic E-state index is 11.1. The van der Waals surface area contributed by atoms with Crippen LogP contribution in [-0.2, 0) is 10.8 Å². The molecule has 2 nitrogen and oxygen atoms in total. The van der Waals surface area contributed by atoms with E-state index in [1.807, 2.05) is 6.21 Å². The quantitative estimate of drug-likeness (QED) is 0.219. The molecule has 0 aliphatic heterocycles. The van der Waals surface area contributed by atoms with E-state index in [0.717, 1.165) is 22.2 Å². The van der Waals surface area contributed by atoms with E-state index in [0.29, 0.717) is 5.75 Å². The monoisotopic (exact) mass is 433 g/mol. The summed E-state index contributed by atoms with van der Waals surface area (Å²) in [6, 6.07) is 23.6. The van der Waals surface area contributed by atoms with E-state index in [1.54, 1.807) is 0 Å². The fourth-order valence-electron chi connectivity index (χ4n) is 4.73. The second-order valence-electron chi connectivity index (χ2n) is 11.2. The summed E-state index contributed by atoms with van der Waals surface area (Å²) < 4.78 is 0. The third-order valence-electron chi connectivity index (χ3n) is 6.66. The zero-order valence-electron chi connectivity index (χ0n) is 20.3. The van der Waals surface area contributed by atoms with E-state index in [-0.39, 0.29) is 10.8 Å². The molecule has 0 radical (unpaired) electrons. The van der Waals surface area contributed by atoms with Crippen molar-refractivity contribution in [1.29, 1.82) is 0 Å². The Balaban J connectivity index is 1.70. The Morgan fingerprint density at radius 3 is 1.94 bits per heavy atom. The first-order chi connectivity index (χ1) is 15.5. The molecule has 0 bridgehead atoms. The van der Waals surface area contributed by atoms with Crippen LogP contribution in [0.5, 0.6) is 5.75 Å². The Hall–Kier alpha value is -3.39. The molecule has 166 valence electrons. The topological polar surface area (TPSA) is 32.6 Å². The third kappa shape index (κ3) is 3.64. The molecule has 2 heteroatoms. The van der Waals surface area contributed by atoms with E-state index in [1.165, 1.54) is 32.5 Å². The second-order valence-corrected chi connectivity index (χ2v) is 11.2. The SMILES string of the molecule is CC(C)(C)c1cc(/C=N/c2ccc3ccc4cccc5ccc2c3c45)c(O)c(C(C)(C)C)c1. The van der Waals surface area contributed by atoms with Gasteiger partial charge in [-0.2, -0.15) is 0 Å². The van der Waals surface area contributed by atoms with Gasteiger partial charge < -0.3 is 5.11 Å². The molecule has 5 aromatic carbocycles. The molecule has 5 rings (SSSR count). The van der Waals surface area contributed by atoms with Crippen LogP contribution in [0.4, 0.5) is 5.69 Å². The van der Waals surface area contributed by atoms with E-state index in [4.69, 9.17) is 4.99 Å². The molecule has 0 saturated carbocycles. The molecule has 0 amide bonds. The molecule has 0 atom stereocenters. The zero-order chi connectivity index (χ0) is 23.5. The van der Waals surface area contributed by atoms with Crippen LogP contribution >= 0.6 is 0 Å². The molecule has 0 fully saturated rings. The highest BCUT2D eigenvalue weighted by Gasteiger charge is 2.24. The van der Waals surface area contributed by atoms with Crippen LogP contribution in [0, 0.1) is 0 Å². The van der Waals surface area contributed by atoms with E-state index >= 15 is 0 Å². The number of phenols is 1. The van der Waals surface area contributed by atoms with Crippen molar-refractivity contribution in [3.63, 3.8) is 0 Å². The summed E-state index contributed by atoms with van der Waals surface area (Å²) >= 11 is 0. The average Bonchev–Trinajstić information content (AvgIpc) is 2.75. The lowest BCUT2D eigenvalue weighted by molar-refractivity contribution is 0.444. The van der Waals surface area contributed by atoms with Gasteiger partial charge in [0.1, 0.15) is 5.75 Å². The first kappa shape index (κ1) is 21.5. The molecule has 0 aliphatic carbocycles. The molecule has 5 aromatic rings. The number of hydrogen-bond donors (Lipinski definition) is 1. The number of benzene rings is 5. The van der Waals surface area contributed by atoms with Gasteiger partial charge in [0.2, 0.25) is 0 Å². The number of rotatable bonds is 2. The van der Waals surface area contributed by atoms with Gasteiger partial charge in [0.25, 0.3) is 0 Å². The fraction of sp³-hybridized carbons (Fsp3) is 0.258. The Kier molecular flexibility index (Phi) is 4.75. The lowest BCUT2D eigenvalue weighted by atomic mass is 9.79. The van der Waals surface area contributed by atoms with Crippen molar-refractivity contribution in [2.24, 2.45) is 4.99 Å². The summed E-state index contributed by atoms with van der Waals surface area (Å²) in [7, 11) is 0. The van der Waals surface area contributed by atoms with Crippen molar-refractivity contribution in [3.05, 3.63) is 83.4 Å². The molecule has 0 spiro atoms. The van der Waals surface area contributed by atoms with Gasteiger partial charge in [0.05, 0.1) is 5.69 Å². The van der Waals surface area contributed by atoms with Gasteiger partial charge in [0, 0.05) is 22.7 Å². The summed E-state index contributed by atoms with van der Waals surface area (Å²) in [5.41, 5.74) is 3.63.